The Morgan fingerprint density at radius 1 is 1.39 bits per heavy atom. The van der Waals surface area contributed by atoms with Gasteiger partial charge in [-0.3, -0.25) is 10.1 Å². The molecule has 0 saturated heterocycles. The number of nitrogens with zero attached hydrogens (tertiary/aromatic N) is 2. The highest BCUT2D eigenvalue weighted by Gasteiger charge is 2.63. The van der Waals surface area contributed by atoms with Crippen LogP contribution in [0.5, 0.6) is 6.01 Å². The fourth-order valence-electron chi connectivity index (χ4n) is 0.811. The van der Waals surface area contributed by atoms with Crippen molar-refractivity contribution >= 4 is 11.9 Å². The number of aromatic nitrogens is 3. The Bertz CT molecular complexity index is 430. The molecule has 1 heterocycles. The lowest BCUT2D eigenvalue weighted by molar-refractivity contribution is -0.267. The summed E-state index contributed by atoms with van der Waals surface area (Å²) in [6, 6.07) is -0.289. The summed E-state index contributed by atoms with van der Waals surface area (Å²) in [5.41, 5.74) is 0. The van der Waals surface area contributed by atoms with E-state index in [1.807, 2.05) is 5.10 Å². The van der Waals surface area contributed by atoms with Gasteiger partial charge in [0.25, 0.3) is 0 Å². The van der Waals surface area contributed by atoms with Crippen LogP contribution >= 0.6 is 0 Å². The largest absolute Gasteiger partial charge is 0.463 e. The number of hydrogen-bond acceptors (Lipinski definition) is 4. The van der Waals surface area contributed by atoms with Crippen molar-refractivity contribution in [1.29, 1.82) is 0 Å². The van der Waals surface area contributed by atoms with Crippen LogP contribution in [0.3, 0.4) is 0 Å². The second-order valence-corrected chi connectivity index (χ2v) is 2.93. The molecule has 1 amide bonds. The topological polar surface area (TPSA) is 79.9 Å². The van der Waals surface area contributed by atoms with Gasteiger partial charge in [0.05, 0.1) is 6.61 Å². The van der Waals surface area contributed by atoms with E-state index in [-0.39, 0.29) is 12.6 Å². The smallest absolute Gasteiger partial charge is 0.463 e. The van der Waals surface area contributed by atoms with Crippen LogP contribution in [0.15, 0.2) is 0 Å². The zero-order chi connectivity index (χ0) is 14.0. The number of amides is 1. The van der Waals surface area contributed by atoms with Crippen LogP contribution in [-0.4, -0.2) is 39.8 Å². The lowest BCUT2D eigenvalue weighted by Gasteiger charge is -2.17. The molecule has 0 aromatic carbocycles. The van der Waals surface area contributed by atoms with Gasteiger partial charge in [0.15, 0.2) is 0 Å². The van der Waals surface area contributed by atoms with E-state index in [0.29, 0.717) is 0 Å². The molecule has 0 aliphatic heterocycles. The lowest BCUT2D eigenvalue weighted by Crippen LogP contribution is -2.47. The van der Waals surface area contributed by atoms with Crippen LogP contribution in [-0.2, 0) is 4.79 Å². The van der Waals surface area contributed by atoms with Crippen molar-refractivity contribution in [1.82, 2.24) is 15.2 Å². The molecular weight excluding hydrogens is 267 g/mol. The molecule has 11 heteroatoms. The second kappa shape index (κ2) is 4.74. The van der Waals surface area contributed by atoms with Crippen LogP contribution in [0, 0.1) is 0 Å². The van der Waals surface area contributed by atoms with Gasteiger partial charge in [-0.05, 0) is 6.92 Å². The molecule has 1 aromatic rings. The number of halogens is 5. The fraction of sp³-hybridized carbons (Fsp3) is 0.571. The van der Waals surface area contributed by atoms with E-state index in [1.165, 1.54) is 5.32 Å². The van der Waals surface area contributed by atoms with E-state index in [1.54, 1.807) is 6.92 Å². The number of carbonyl (C=O) groups is 1. The van der Waals surface area contributed by atoms with Gasteiger partial charge in [-0.1, -0.05) is 0 Å². The van der Waals surface area contributed by atoms with E-state index in [4.69, 9.17) is 4.74 Å². The summed E-state index contributed by atoms with van der Waals surface area (Å²) in [7, 11) is 0. The molecule has 0 fully saturated rings. The van der Waals surface area contributed by atoms with Crippen LogP contribution < -0.4 is 10.1 Å². The molecule has 2 N–H and O–H groups in total. The van der Waals surface area contributed by atoms with Gasteiger partial charge in [-0.2, -0.15) is 26.9 Å². The third-order valence-corrected chi connectivity index (χ3v) is 1.61. The summed E-state index contributed by atoms with van der Waals surface area (Å²) < 4.78 is 65.3. The van der Waals surface area contributed by atoms with Crippen LogP contribution in [0.2, 0.25) is 0 Å². The molecule has 0 unspecified atom stereocenters. The molecule has 1 rings (SSSR count). The molecule has 0 aliphatic carbocycles. The van der Waals surface area contributed by atoms with Gasteiger partial charge >= 0.3 is 24.0 Å². The highest BCUT2D eigenvalue weighted by Crippen LogP contribution is 2.36. The summed E-state index contributed by atoms with van der Waals surface area (Å²) in [6.45, 7) is 1.73. The predicted octanol–water partition coefficient (Wildman–Crippen LogP) is 1.34. The molecule has 0 radical (unpaired) electrons. The Morgan fingerprint density at radius 2 is 2.00 bits per heavy atom. The monoisotopic (exact) mass is 274 g/mol. The summed E-state index contributed by atoms with van der Waals surface area (Å²) in [5, 5.41) is 6.48. The van der Waals surface area contributed by atoms with Crippen molar-refractivity contribution < 1.29 is 31.5 Å². The molecule has 0 saturated carbocycles. The number of ether oxygens (including phenoxy) is 1. The minimum absolute atomic E-state index is 0.157. The van der Waals surface area contributed by atoms with Gasteiger partial charge in [0.2, 0.25) is 5.95 Å². The highest BCUT2D eigenvalue weighted by atomic mass is 19.4. The van der Waals surface area contributed by atoms with Crippen molar-refractivity contribution in [3.63, 3.8) is 0 Å². The number of carbonyl (C=O) groups excluding carboxylic acids is 1. The number of anilines is 1. The number of H-pyrrole nitrogens is 1. The van der Waals surface area contributed by atoms with Crippen molar-refractivity contribution in [3.8, 4) is 6.01 Å². The lowest BCUT2D eigenvalue weighted by atomic mass is 10.3. The molecule has 0 aliphatic rings. The van der Waals surface area contributed by atoms with E-state index in [0.717, 1.165) is 0 Å². The first-order chi connectivity index (χ1) is 8.18. The van der Waals surface area contributed by atoms with Gasteiger partial charge in [-0.15, -0.1) is 5.10 Å². The molecule has 0 spiro atoms. The third-order valence-electron chi connectivity index (χ3n) is 1.61. The van der Waals surface area contributed by atoms with E-state index < -0.39 is 24.0 Å². The van der Waals surface area contributed by atoms with Gasteiger partial charge in [0, 0.05) is 0 Å². The number of hydrogen-bond donors (Lipinski definition) is 2. The Labute approximate surface area is 96.5 Å². The Balaban J connectivity index is 2.75. The van der Waals surface area contributed by atoms with Crippen LogP contribution in [0.1, 0.15) is 6.92 Å². The number of rotatable bonds is 4. The molecule has 102 valence electrons. The first-order valence-corrected chi connectivity index (χ1v) is 4.49. The zero-order valence-corrected chi connectivity index (χ0v) is 8.81. The fourth-order valence-corrected chi connectivity index (χ4v) is 0.811. The SMILES string of the molecule is CCOc1n[nH]c(NC(=O)C(F)(F)C(F)(F)F)n1. The molecule has 0 atom stereocenters. The third kappa shape index (κ3) is 2.84. The van der Waals surface area contributed by atoms with Crippen LogP contribution in [0.25, 0.3) is 0 Å². The number of aromatic amines is 1. The molecule has 6 nitrogen and oxygen atoms in total. The molecule has 1 aromatic heterocycles. The van der Waals surface area contributed by atoms with Gasteiger partial charge < -0.3 is 4.74 Å². The van der Waals surface area contributed by atoms with Gasteiger partial charge in [0.1, 0.15) is 0 Å². The maximum Gasteiger partial charge on any atom is 0.463 e. The van der Waals surface area contributed by atoms with Crippen molar-refractivity contribution in [3.05, 3.63) is 0 Å². The number of nitrogens with one attached hydrogen (secondary N) is 2. The average molecular weight is 274 g/mol. The van der Waals surface area contributed by atoms with Crippen molar-refractivity contribution in [2.24, 2.45) is 0 Å². The maximum absolute atomic E-state index is 12.5. The Kier molecular flexibility index (Phi) is 3.72. The first kappa shape index (κ1) is 14.1. The Morgan fingerprint density at radius 3 is 2.50 bits per heavy atom. The predicted molar refractivity (Wildman–Crippen MR) is 47.2 cm³/mol. The molecule has 18 heavy (non-hydrogen) atoms. The van der Waals surface area contributed by atoms with E-state index in [2.05, 4.69) is 10.1 Å². The normalized spacial score (nSPS) is 12.3. The van der Waals surface area contributed by atoms with E-state index in [9.17, 15) is 26.7 Å². The number of alkyl halides is 5. The minimum atomic E-state index is -5.99. The van der Waals surface area contributed by atoms with Crippen LogP contribution in [0.4, 0.5) is 27.9 Å². The first-order valence-electron chi connectivity index (χ1n) is 4.49. The average Bonchev–Trinajstić information content (AvgIpc) is 2.64. The summed E-state index contributed by atoms with van der Waals surface area (Å²) in [4.78, 5) is 14.1. The quantitative estimate of drug-likeness (QED) is 0.812. The zero-order valence-electron chi connectivity index (χ0n) is 8.81. The summed E-state index contributed by atoms with van der Waals surface area (Å²) >= 11 is 0. The minimum Gasteiger partial charge on any atom is -0.463 e. The van der Waals surface area contributed by atoms with Gasteiger partial charge in [-0.25, -0.2) is 5.10 Å². The standard InChI is InChI=1S/C7H7F5N4O2/c1-2-18-5-14-4(15-16-5)13-3(17)6(8,9)7(10,11)12/h2H2,1H3,(H2,13,14,15,16,17). The van der Waals surface area contributed by atoms with E-state index >= 15 is 0 Å². The second-order valence-electron chi connectivity index (χ2n) is 2.93. The summed E-state index contributed by atoms with van der Waals surface area (Å²) in [6.07, 6.45) is -5.99. The molecular formula is C7H7F5N4O2. The Hall–Kier alpha value is -1.94. The summed E-state index contributed by atoms with van der Waals surface area (Å²) in [5.74, 6) is -8.76. The van der Waals surface area contributed by atoms with Crippen molar-refractivity contribution in [2.75, 3.05) is 11.9 Å². The maximum atomic E-state index is 12.5. The highest BCUT2D eigenvalue weighted by molar-refractivity contribution is 5.95. The van der Waals surface area contributed by atoms with Crippen molar-refractivity contribution in [2.45, 2.75) is 19.0 Å². The molecule has 0 bridgehead atoms.